The van der Waals surface area contributed by atoms with Gasteiger partial charge in [0.15, 0.2) is 0 Å². The Balaban J connectivity index is 1.48. The van der Waals surface area contributed by atoms with Crippen LogP contribution in [-0.4, -0.2) is 92.2 Å². The number of likely N-dealkylation sites (tertiary alicyclic amines) is 1. The molecule has 0 radical (unpaired) electrons. The summed E-state index contributed by atoms with van der Waals surface area (Å²) in [4.78, 5) is 23.2. The van der Waals surface area contributed by atoms with Gasteiger partial charge in [-0.05, 0) is 50.5 Å². The summed E-state index contributed by atoms with van der Waals surface area (Å²) in [6, 6.07) is 7.99. The summed E-state index contributed by atoms with van der Waals surface area (Å²) in [7, 11) is 4.23. The monoisotopic (exact) mass is 384 g/mol. The molecule has 3 heterocycles. The number of amides is 1. The van der Waals surface area contributed by atoms with E-state index < -0.39 is 0 Å². The SMILES string of the molecule is CN(C)CCN1CCOCC2(CCCN(C(=O)c3ccc4cc[nH]c4c3)C2)C1. The molecule has 2 aromatic rings. The van der Waals surface area contributed by atoms with E-state index in [-0.39, 0.29) is 11.3 Å². The predicted molar refractivity (Wildman–Crippen MR) is 112 cm³/mol. The highest BCUT2D eigenvalue weighted by Gasteiger charge is 2.40. The fraction of sp³-hybridized carbons (Fsp3) is 0.591. The standard InChI is InChI=1S/C22H32N4O2/c1-24(2)10-11-25-12-13-28-17-22(15-25)7-3-9-26(16-22)21(27)19-5-4-18-6-8-23-20(18)14-19/h4-6,8,14,23H,3,7,9-13,15-17H2,1-2H3. The number of rotatable bonds is 4. The Bertz CT molecular complexity index is 818. The molecule has 1 amide bonds. The first kappa shape index (κ1) is 19.4. The summed E-state index contributed by atoms with van der Waals surface area (Å²) in [6.07, 6.45) is 4.09. The van der Waals surface area contributed by atoms with Crippen molar-refractivity contribution in [2.24, 2.45) is 5.41 Å². The van der Waals surface area contributed by atoms with Crippen LogP contribution in [0.1, 0.15) is 23.2 Å². The smallest absolute Gasteiger partial charge is 0.253 e. The fourth-order valence-corrected chi connectivity index (χ4v) is 4.61. The van der Waals surface area contributed by atoms with Crippen LogP contribution in [0.2, 0.25) is 0 Å². The number of nitrogens with zero attached hydrogens (tertiary/aromatic N) is 3. The number of H-pyrrole nitrogens is 1. The molecule has 0 aliphatic carbocycles. The van der Waals surface area contributed by atoms with Crippen LogP contribution in [0, 0.1) is 5.41 Å². The zero-order chi connectivity index (χ0) is 19.6. The van der Waals surface area contributed by atoms with Crippen molar-refractivity contribution < 1.29 is 9.53 Å². The fourth-order valence-electron chi connectivity index (χ4n) is 4.61. The molecule has 1 N–H and O–H groups in total. The van der Waals surface area contributed by atoms with Crippen LogP contribution in [0.25, 0.3) is 10.9 Å². The molecule has 1 unspecified atom stereocenters. The number of benzene rings is 1. The van der Waals surface area contributed by atoms with Gasteiger partial charge in [0.1, 0.15) is 0 Å². The molecule has 2 saturated heterocycles. The number of nitrogens with one attached hydrogen (secondary N) is 1. The van der Waals surface area contributed by atoms with Gasteiger partial charge in [-0.2, -0.15) is 0 Å². The molecule has 1 aromatic heterocycles. The molecule has 1 aromatic carbocycles. The lowest BCUT2D eigenvalue weighted by Gasteiger charge is -2.43. The number of ether oxygens (including phenoxy) is 1. The van der Waals surface area contributed by atoms with Crippen molar-refractivity contribution in [3.05, 3.63) is 36.0 Å². The Labute approximate surface area is 167 Å². The number of likely N-dealkylation sites (N-methyl/N-ethyl adjacent to an activating group) is 1. The average Bonchev–Trinajstić information content (AvgIpc) is 3.08. The molecule has 0 saturated carbocycles. The lowest BCUT2D eigenvalue weighted by atomic mass is 9.80. The molecule has 2 fully saturated rings. The number of aromatic nitrogens is 1. The van der Waals surface area contributed by atoms with Gasteiger partial charge < -0.3 is 19.5 Å². The Kier molecular flexibility index (Phi) is 5.71. The van der Waals surface area contributed by atoms with E-state index in [0.717, 1.165) is 81.8 Å². The molecule has 1 atom stereocenters. The molecule has 152 valence electrons. The first-order valence-electron chi connectivity index (χ1n) is 10.4. The van der Waals surface area contributed by atoms with Crippen molar-refractivity contribution in [3.63, 3.8) is 0 Å². The van der Waals surface area contributed by atoms with Crippen LogP contribution in [0.5, 0.6) is 0 Å². The van der Waals surface area contributed by atoms with E-state index in [1.807, 2.05) is 35.4 Å². The van der Waals surface area contributed by atoms with Gasteiger partial charge in [-0.15, -0.1) is 0 Å². The summed E-state index contributed by atoms with van der Waals surface area (Å²) in [5, 5.41) is 1.14. The van der Waals surface area contributed by atoms with Gasteiger partial charge in [0.25, 0.3) is 5.91 Å². The quantitative estimate of drug-likeness (QED) is 0.879. The lowest BCUT2D eigenvalue weighted by Crippen LogP contribution is -2.52. The van der Waals surface area contributed by atoms with Crippen molar-refractivity contribution in [1.29, 1.82) is 0 Å². The van der Waals surface area contributed by atoms with Gasteiger partial charge in [-0.25, -0.2) is 0 Å². The molecule has 28 heavy (non-hydrogen) atoms. The number of piperidine rings is 1. The minimum atomic E-state index is 0.0489. The van der Waals surface area contributed by atoms with E-state index in [9.17, 15) is 4.79 Å². The van der Waals surface area contributed by atoms with Crippen molar-refractivity contribution in [2.75, 3.05) is 66.6 Å². The third-order valence-electron chi connectivity index (χ3n) is 6.13. The molecule has 0 bridgehead atoms. The Morgan fingerprint density at radius 3 is 3.00 bits per heavy atom. The zero-order valence-corrected chi connectivity index (χ0v) is 17.1. The molecular weight excluding hydrogens is 352 g/mol. The molecule has 4 rings (SSSR count). The second-order valence-electron chi connectivity index (χ2n) is 8.74. The topological polar surface area (TPSA) is 51.8 Å². The number of fused-ring (bicyclic) bond motifs is 1. The molecule has 1 spiro atoms. The number of carbonyl (C=O) groups excluding carboxylic acids is 1. The predicted octanol–water partition coefficient (Wildman–Crippen LogP) is 2.28. The average molecular weight is 385 g/mol. The second kappa shape index (κ2) is 8.23. The highest BCUT2D eigenvalue weighted by atomic mass is 16.5. The molecule has 2 aliphatic heterocycles. The van der Waals surface area contributed by atoms with Crippen molar-refractivity contribution in [1.82, 2.24) is 19.7 Å². The first-order chi connectivity index (χ1) is 13.5. The molecule has 6 nitrogen and oxygen atoms in total. The van der Waals surface area contributed by atoms with Gasteiger partial charge in [0.05, 0.1) is 13.2 Å². The number of hydrogen-bond donors (Lipinski definition) is 1. The van der Waals surface area contributed by atoms with E-state index in [4.69, 9.17) is 4.74 Å². The van der Waals surface area contributed by atoms with Crippen LogP contribution in [0.4, 0.5) is 0 Å². The maximum absolute atomic E-state index is 13.2. The Morgan fingerprint density at radius 1 is 1.25 bits per heavy atom. The third kappa shape index (κ3) is 4.24. The Morgan fingerprint density at radius 2 is 2.14 bits per heavy atom. The minimum absolute atomic E-state index is 0.0489. The van der Waals surface area contributed by atoms with Gasteiger partial charge in [0, 0.05) is 62.0 Å². The van der Waals surface area contributed by atoms with Crippen molar-refractivity contribution in [3.8, 4) is 0 Å². The Hall–Kier alpha value is -1.89. The van der Waals surface area contributed by atoms with Gasteiger partial charge in [-0.1, -0.05) is 6.07 Å². The molecular formula is C22H32N4O2. The van der Waals surface area contributed by atoms with E-state index >= 15 is 0 Å². The maximum atomic E-state index is 13.2. The number of aromatic amines is 1. The molecule has 2 aliphatic rings. The summed E-state index contributed by atoms with van der Waals surface area (Å²) in [6.45, 7) is 7.25. The maximum Gasteiger partial charge on any atom is 0.253 e. The van der Waals surface area contributed by atoms with Crippen molar-refractivity contribution >= 4 is 16.8 Å². The summed E-state index contributed by atoms with van der Waals surface area (Å²) in [5.74, 6) is 0.139. The van der Waals surface area contributed by atoms with Crippen LogP contribution in [-0.2, 0) is 4.74 Å². The normalized spacial score (nSPS) is 24.2. The summed E-state index contributed by atoms with van der Waals surface area (Å²) < 4.78 is 6.01. The highest BCUT2D eigenvalue weighted by Crippen LogP contribution is 2.33. The lowest BCUT2D eigenvalue weighted by molar-refractivity contribution is 0.00717. The van der Waals surface area contributed by atoms with Crippen LogP contribution in [0.3, 0.4) is 0 Å². The van der Waals surface area contributed by atoms with E-state index in [1.165, 1.54) is 0 Å². The van der Waals surface area contributed by atoms with Crippen LogP contribution >= 0.6 is 0 Å². The van der Waals surface area contributed by atoms with E-state index in [0.29, 0.717) is 0 Å². The van der Waals surface area contributed by atoms with Crippen LogP contribution < -0.4 is 0 Å². The summed E-state index contributed by atoms with van der Waals surface area (Å²) in [5.41, 5.74) is 1.84. The second-order valence-corrected chi connectivity index (χ2v) is 8.74. The highest BCUT2D eigenvalue weighted by molar-refractivity contribution is 5.98. The number of hydrogen-bond acceptors (Lipinski definition) is 4. The zero-order valence-electron chi connectivity index (χ0n) is 17.1. The third-order valence-corrected chi connectivity index (χ3v) is 6.13. The van der Waals surface area contributed by atoms with Crippen LogP contribution in [0.15, 0.2) is 30.5 Å². The van der Waals surface area contributed by atoms with E-state index in [2.05, 4.69) is 28.9 Å². The van der Waals surface area contributed by atoms with Gasteiger partial charge in [-0.3, -0.25) is 9.69 Å². The number of carbonyl (C=O) groups is 1. The van der Waals surface area contributed by atoms with Gasteiger partial charge >= 0.3 is 0 Å². The van der Waals surface area contributed by atoms with Gasteiger partial charge in [0.2, 0.25) is 0 Å². The largest absolute Gasteiger partial charge is 0.379 e. The van der Waals surface area contributed by atoms with E-state index in [1.54, 1.807) is 0 Å². The minimum Gasteiger partial charge on any atom is -0.379 e. The summed E-state index contributed by atoms with van der Waals surface area (Å²) >= 11 is 0. The molecule has 6 heteroatoms. The first-order valence-corrected chi connectivity index (χ1v) is 10.4. The van der Waals surface area contributed by atoms with Crippen molar-refractivity contribution in [2.45, 2.75) is 12.8 Å².